The van der Waals surface area contributed by atoms with Crippen LogP contribution in [0, 0.1) is 0 Å². The number of ether oxygens (including phenoxy) is 2. The smallest absolute Gasteiger partial charge is 0.407 e. The third-order valence-electron chi connectivity index (χ3n) is 4.77. The minimum absolute atomic E-state index is 0.0991. The molecule has 7 nitrogen and oxygen atoms in total. The molecule has 7 heteroatoms. The van der Waals surface area contributed by atoms with E-state index >= 15 is 0 Å². The van der Waals surface area contributed by atoms with Crippen LogP contribution < -0.4 is 10.6 Å². The summed E-state index contributed by atoms with van der Waals surface area (Å²) >= 11 is 0. The van der Waals surface area contributed by atoms with E-state index in [0.717, 1.165) is 21.9 Å². The number of rotatable bonds is 7. The number of aromatic nitrogens is 1. The van der Waals surface area contributed by atoms with Gasteiger partial charge in [-0.1, -0.05) is 30.3 Å². The average molecular weight is 436 g/mol. The lowest BCUT2D eigenvalue weighted by molar-refractivity contribution is -0.117. The molecule has 0 saturated carbocycles. The van der Waals surface area contributed by atoms with E-state index in [1.54, 1.807) is 40.3 Å². The Bertz CT molecular complexity index is 1070. The summed E-state index contributed by atoms with van der Waals surface area (Å²) in [6.07, 6.45) is 2.92. The van der Waals surface area contributed by atoms with E-state index in [1.165, 1.54) is 0 Å². The van der Waals surface area contributed by atoms with Gasteiger partial charge in [0.05, 0.1) is 12.5 Å². The van der Waals surface area contributed by atoms with Crippen LogP contribution in [0.5, 0.6) is 0 Å². The maximum atomic E-state index is 13.2. The van der Waals surface area contributed by atoms with Gasteiger partial charge in [-0.05, 0) is 55.5 Å². The van der Waals surface area contributed by atoms with Crippen molar-refractivity contribution in [3.63, 3.8) is 0 Å². The lowest BCUT2D eigenvalue weighted by Crippen LogP contribution is -2.37. The lowest BCUT2D eigenvalue weighted by Gasteiger charge is -2.22. The van der Waals surface area contributed by atoms with Crippen LogP contribution >= 0.6 is 0 Å². The molecule has 3 aromatic rings. The van der Waals surface area contributed by atoms with Gasteiger partial charge in [-0.25, -0.2) is 4.79 Å². The van der Waals surface area contributed by atoms with Crippen LogP contribution in [0.3, 0.4) is 0 Å². The number of hydrogen-bond acceptors (Lipinski definition) is 5. The molecular formula is C25H29N3O4. The maximum absolute atomic E-state index is 13.2. The summed E-state index contributed by atoms with van der Waals surface area (Å²) in [6.45, 7) is 5.96. The van der Waals surface area contributed by atoms with E-state index in [0.29, 0.717) is 12.3 Å². The summed E-state index contributed by atoms with van der Waals surface area (Å²) < 4.78 is 10.5. The van der Waals surface area contributed by atoms with Gasteiger partial charge in [0.25, 0.3) is 0 Å². The van der Waals surface area contributed by atoms with Crippen LogP contribution in [0.4, 0.5) is 10.5 Å². The normalized spacial score (nSPS) is 12.2. The van der Waals surface area contributed by atoms with Gasteiger partial charge in [-0.3, -0.25) is 9.78 Å². The molecule has 2 N–H and O–H groups in total. The molecule has 0 bridgehead atoms. The fraction of sp³-hybridized carbons (Fsp3) is 0.320. The molecule has 1 aromatic heterocycles. The Balaban J connectivity index is 1.79. The highest BCUT2D eigenvalue weighted by atomic mass is 16.6. The van der Waals surface area contributed by atoms with E-state index in [-0.39, 0.29) is 12.5 Å². The second-order valence-corrected chi connectivity index (χ2v) is 8.54. The Morgan fingerprint density at radius 1 is 1.03 bits per heavy atom. The first-order valence-corrected chi connectivity index (χ1v) is 10.4. The van der Waals surface area contributed by atoms with Gasteiger partial charge in [0.15, 0.2) is 0 Å². The van der Waals surface area contributed by atoms with Crippen molar-refractivity contribution in [1.82, 2.24) is 10.3 Å². The number of nitrogens with zero attached hydrogens (tertiary/aromatic N) is 1. The molecule has 1 atom stereocenters. The third-order valence-corrected chi connectivity index (χ3v) is 4.77. The Kier molecular flexibility index (Phi) is 7.43. The van der Waals surface area contributed by atoms with E-state index in [4.69, 9.17) is 9.47 Å². The predicted molar refractivity (Wildman–Crippen MR) is 125 cm³/mol. The van der Waals surface area contributed by atoms with Crippen molar-refractivity contribution >= 4 is 28.5 Å². The molecule has 0 aliphatic rings. The number of amides is 2. The third kappa shape index (κ3) is 6.52. The number of pyridine rings is 1. The van der Waals surface area contributed by atoms with Crippen molar-refractivity contribution in [3.05, 3.63) is 72.1 Å². The minimum atomic E-state index is -0.621. The summed E-state index contributed by atoms with van der Waals surface area (Å²) in [4.78, 5) is 29.5. The fourth-order valence-electron chi connectivity index (χ4n) is 3.26. The Morgan fingerprint density at radius 2 is 1.78 bits per heavy atom. The molecule has 0 spiro atoms. The maximum Gasteiger partial charge on any atom is 0.407 e. The van der Waals surface area contributed by atoms with E-state index in [2.05, 4.69) is 15.6 Å². The zero-order chi connectivity index (χ0) is 23.1. The SMILES string of the molecule is COCc1ccc(C(CNC(=O)OC(C)(C)C)C(=O)Nc2ccc3cnccc3c2)cc1. The number of carbonyl (C=O) groups is 2. The zero-order valence-corrected chi connectivity index (χ0v) is 18.8. The minimum Gasteiger partial charge on any atom is -0.444 e. The van der Waals surface area contributed by atoms with Crippen molar-refractivity contribution in [1.29, 1.82) is 0 Å². The molecule has 32 heavy (non-hydrogen) atoms. The highest BCUT2D eigenvalue weighted by Crippen LogP contribution is 2.22. The van der Waals surface area contributed by atoms with Crippen molar-refractivity contribution in [2.24, 2.45) is 0 Å². The van der Waals surface area contributed by atoms with Crippen molar-refractivity contribution in [2.45, 2.75) is 38.9 Å². The number of benzene rings is 2. The second kappa shape index (κ2) is 10.2. The van der Waals surface area contributed by atoms with Crippen LogP contribution in [0.25, 0.3) is 10.8 Å². The van der Waals surface area contributed by atoms with Gasteiger partial charge in [-0.15, -0.1) is 0 Å². The fourth-order valence-corrected chi connectivity index (χ4v) is 3.26. The number of nitrogens with one attached hydrogen (secondary N) is 2. The molecule has 0 radical (unpaired) electrons. The Labute approximate surface area is 188 Å². The number of fused-ring (bicyclic) bond motifs is 1. The lowest BCUT2D eigenvalue weighted by atomic mass is 9.96. The van der Waals surface area contributed by atoms with Crippen LogP contribution in [0.2, 0.25) is 0 Å². The van der Waals surface area contributed by atoms with E-state index in [1.807, 2.05) is 48.5 Å². The topological polar surface area (TPSA) is 89.5 Å². The molecule has 0 aliphatic heterocycles. The van der Waals surface area contributed by atoms with E-state index < -0.39 is 17.6 Å². The van der Waals surface area contributed by atoms with Gasteiger partial charge in [0.1, 0.15) is 5.60 Å². The first kappa shape index (κ1) is 23.2. The molecule has 2 amide bonds. The summed E-state index contributed by atoms with van der Waals surface area (Å²) in [7, 11) is 1.63. The molecule has 1 heterocycles. The van der Waals surface area contributed by atoms with Crippen LogP contribution in [0.15, 0.2) is 60.9 Å². The molecule has 0 aliphatic carbocycles. The molecule has 1 unspecified atom stereocenters. The molecular weight excluding hydrogens is 406 g/mol. The monoisotopic (exact) mass is 435 g/mol. The number of hydrogen-bond donors (Lipinski definition) is 2. The number of carbonyl (C=O) groups excluding carboxylic acids is 2. The van der Waals surface area contributed by atoms with Crippen molar-refractivity contribution in [3.8, 4) is 0 Å². The molecule has 0 fully saturated rings. The quantitative estimate of drug-likeness (QED) is 0.565. The summed E-state index contributed by atoms with van der Waals surface area (Å²) in [5.41, 5.74) is 1.83. The van der Waals surface area contributed by atoms with Crippen molar-refractivity contribution in [2.75, 3.05) is 19.0 Å². The van der Waals surface area contributed by atoms with Gasteiger partial charge in [0, 0.05) is 37.1 Å². The van der Waals surface area contributed by atoms with Gasteiger partial charge < -0.3 is 20.1 Å². The average Bonchev–Trinajstić information content (AvgIpc) is 2.74. The standard InChI is InChI=1S/C25H29N3O4/c1-25(2,3)32-24(30)27-15-22(18-7-5-17(6-8-18)16-31-4)23(29)28-21-10-9-20-14-26-12-11-19(20)13-21/h5-14,22H,15-16H2,1-4H3,(H,27,30)(H,28,29). The molecule has 3 rings (SSSR count). The number of alkyl carbamates (subject to hydrolysis) is 1. The Hall–Kier alpha value is -3.45. The Morgan fingerprint density at radius 3 is 2.47 bits per heavy atom. The van der Waals surface area contributed by atoms with Gasteiger partial charge in [0.2, 0.25) is 5.91 Å². The predicted octanol–water partition coefficient (Wildman–Crippen LogP) is 4.63. The van der Waals surface area contributed by atoms with Crippen LogP contribution in [0.1, 0.15) is 37.8 Å². The summed E-state index contributed by atoms with van der Waals surface area (Å²) in [6, 6.07) is 15.1. The largest absolute Gasteiger partial charge is 0.444 e. The number of methoxy groups -OCH3 is 1. The molecule has 0 saturated heterocycles. The van der Waals surface area contributed by atoms with Crippen molar-refractivity contribution < 1.29 is 19.1 Å². The summed E-state index contributed by atoms with van der Waals surface area (Å²) in [5, 5.41) is 7.65. The van der Waals surface area contributed by atoms with Crippen LogP contribution in [-0.2, 0) is 20.9 Å². The highest BCUT2D eigenvalue weighted by molar-refractivity contribution is 5.98. The zero-order valence-electron chi connectivity index (χ0n) is 18.8. The highest BCUT2D eigenvalue weighted by Gasteiger charge is 2.24. The second-order valence-electron chi connectivity index (χ2n) is 8.54. The van der Waals surface area contributed by atoms with Crippen LogP contribution in [-0.4, -0.2) is 36.2 Å². The van der Waals surface area contributed by atoms with E-state index in [9.17, 15) is 9.59 Å². The first-order chi connectivity index (χ1) is 15.2. The molecule has 168 valence electrons. The first-order valence-electron chi connectivity index (χ1n) is 10.4. The van der Waals surface area contributed by atoms with Gasteiger partial charge >= 0.3 is 6.09 Å². The summed E-state index contributed by atoms with van der Waals surface area (Å²) in [5.74, 6) is -0.832. The van der Waals surface area contributed by atoms with Gasteiger partial charge in [-0.2, -0.15) is 0 Å². The molecule has 2 aromatic carbocycles. The number of anilines is 1.